The van der Waals surface area contributed by atoms with E-state index in [0.29, 0.717) is 26.1 Å². The van der Waals surface area contributed by atoms with Crippen molar-refractivity contribution in [2.24, 2.45) is 17.2 Å². The maximum atomic E-state index is 11.6. The number of nitrogens with zero attached hydrogens (tertiary/aromatic N) is 2. The van der Waals surface area contributed by atoms with Gasteiger partial charge in [0.1, 0.15) is 0 Å². The number of sulfonamides is 1. The average molecular weight is 414 g/mol. The number of aromatic nitrogens is 1. The molecule has 0 aliphatic carbocycles. The summed E-state index contributed by atoms with van der Waals surface area (Å²) in [5, 5.41) is 8.03. The van der Waals surface area contributed by atoms with Gasteiger partial charge in [-0.15, -0.1) is 11.3 Å². The van der Waals surface area contributed by atoms with Gasteiger partial charge in [-0.3, -0.25) is 0 Å². The van der Waals surface area contributed by atoms with Gasteiger partial charge < -0.3 is 4.57 Å². The molecule has 130 valence electrons. The molecule has 0 amide bonds. The molecule has 0 unspecified atom stereocenters. The van der Waals surface area contributed by atoms with Gasteiger partial charge in [0.2, 0.25) is 10.0 Å². The second-order valence-corrected chi connectivity index (χ2v) is 8.42. The van der Waals surface area contributed by atoms with Crippen LogP contribution in [0.5, 0.6) is 0 Å². The zero-order chi connectivity index (χ0) is 18.2. The van der Waals surface area contributed by atoms with Gasteiger partial charge in [-0.05, 0) is 30.3 Å². The molecule has 0 saturated carbocycles. The molecular weight excluding hydrogens is 401 g/mol. The second kappa shape index (κ2) is 6.93. The van der Waals surface area contributed by atoms with Crippen molar-refractivity contribution in [1.29, 1.82) is 0 Å². The summed E-state index contributed by atoms with van der Waals surface area (Å²) in [6, 6.07) is 11.6. The van der Waals surface area contributed by atoms with Crippen LogP contribution in [0.25, 0.3) is 11.3 Å². The molecule has 2 aromatic carbocycles. The minimum absolute atomic E-state index is 0.00249. The van der Waals surface area contributed by atoms with Crippen molar-refractivity contribution in [3.8, 4) is 11.3 Å². The van der Waals surface area contributed by atoms with Crippen LogP contribution >= 0.6 is 34.5 Å². The summed E-state index contributed by atoms with van der Waals surface area (Å²) in [5.41, 5.74) is 1.94. The summed E-state index contributed by atoms with van der Waals surface area (Å²) in [4.78, 5) is 5.25. The first kappa shape index (κ1) is 18.2. The average Bonchev–Trinajstić information content (AvgIpc) is 2.90. The fraction of sp³-hybridized carbons (Fsp3) is 0.0625. The molecule has 0 radical (unpaired) electrons. The maximum absolute atomic E-state index is 11.6. The van der Waals surface area contributed by atoms with Crippen LogP contribution in [0.4, 0.5) is 5.69 Å². The van der Waals surface area contributed by atoms with Crippen LogP contribution < -0.4 is 9.94 Å². The molecule has 0 aliphatic heterocycles. The molecule has 3 aromatic rings. The van der Waals surface area contributed by atoms with E-state index in [1.54, 1.807) is 6.07 Å². The van der Waals surface area contributed by atoms with Crippen LogP contribution in [0, 0.1) is 0 Å². The van der Waals surface area contributed by atoms with Gasteiger partial charge in [0.25, 0.3) is 0 Å². The lowest BCUT2D eigenvalue weighted by Crippen LogP contribution is -2.13. The highest BCUT2D eigenvalue weighted by Gasteiger charge is 2.14. The van der Waals surface area contributed by atoms with Gasteiger partial charge in [-0.2, -0.15) is 0 Å². The molecular formula is C16H13Cl2N3O2S2. The zero-order valence-corrected chi connectivity index (χ0v) is 16.1. The fourth-order valence-corrected chi connectivity index (χ4v) is 4.08. The van der Waals surface area contributed by atoms with Crippen LogP contribution in [0.1, 0.15) is 0 Å². The van der Waals surface area contributed by atoms with Crippen LogP contribution in [0.2, 0.25) is 10.0 Å². The Morgan fingerprint density at radius 2 is 1.84 bits per heavy atom. The summed E-state index contributed by atoms with van der Waals surface area (Å²) < 4.78 is 25.0. The van der Waals surface area contributed by atoms with Gasteiger partial charge in [-0.25, -0.2) is 18.5 Å². The van der Waals surface area contributed by atoms with E-state index >= 15 is 0 Å². The third kappa shape index (κ3) is 3.80. The van der Waals surface area contributed by atoms with E-state index in [0.717, 1.165) is 5.69 Å². The van der Waals surface area contributed by atoms with Crippen LogP contribution in [-0.4, -0.2) is 13.0 Å². The molecule has 5 nitrogen and oxygen atoms in total. The molecule has 3 rings (SSSR count). The van der Waals surface area contributed by atoms with Crippen molar-refractivity contribution in [2.45, 2.75) is 4.90 Å². The number of thiazole rings is 1. The number of para-hydroxylation sites is 1. The predicted octanol–water partition coefficient (Wildman–Crippen LogP) is 3.94. The molecule has 0 aliphatic rings. The lowest BCUT2D eigenvalue weighted by molar-refractivity contribution is 0.598. The third-order valence-corrected chi connectivity index (χ3v) is 6.01. The third-order valence-electron chi connectivity index (χ3n) is 3.54. The largest absolute Gasteiger partial charge is 0.319 e. The van der Waals surface area contributed by atoms with E-state index in [-0.39, 0.29) is 4.90 Å². The Labute approximate surface area is 159 Å². The van der Waals surface area contributed by atoms with Crippen molar-refractivity contribution < 1.29 is 8.42 Å². The van der Waals surface area contributed by atoms with Crippen LogP contribution in [-0.2, 0) is 17.1 Å². The minimum atomic E-state index is -3.82. The molecule has 1 heterocycles. The molecule has 9 heteroatoms. The molecule has 1 aromatic heterocycles. The summed E-state index contributed by atoms with van der Waals surface area (Å²) in [7, 11) is -1.99. The Morgan fingerprint density at radius 3 is 2.52 bits per heavy atom. The second-order valence-electron chi connectivity index (χ2n) is 5.21. The summed E-state index contributed by atoms with van der Waals surface area (Å²) in [6.45, 7) is 0. The Balaban J connectivity index is 2.16. The quantitative estimate of drug-likeness (QED) is 0.705. The van der Waals surface area contributed by atoms with Gasteiger partial charge >= 0.3 is 0 Å². The van der Waals surface area contributed by atoms with Crippen molar-refractivity contribution in [3.05, 3.63) is 62.7 Å². The first-order valence-electron chi connectivity index (χ1n) is 7.04. The normalized spacial score (nSPS) is 12.6. The van der Waals surface area contributed by atoms with E-state index in [1.807, 2.05) is 35.2 Å². The predicted molar refractivity (Wildman–Crippen MR) is 102 cm³/mol. The van der Waals surface area contributed by atoms with E-state index in [1.165, 1.54) is 29.5 Å². The van der Waals surface area contributed by atoms with E-state index in [9.17, 15) is 8.42 Å². The molecule has 0 bridgehead atoms. The Bertz CT molecular complexity index is 1120. The van der Waals surface area contributed by atoms with E-state index in [4.69, 9.17) is 28.3 Å². The number of halogens is 2. The lowest BCUT2D eigenvalue weighted by Gasteiger charge is -2.07. The highest BCUT2D eigenvalue weighted by atomic mass is 35.5. The summed E-state index contributed by atoms with van der Waals surface area (Å²) in [5.74, 6) is 0. The fourth-order valence-electron chi connectivity index (χ4n) is 2.24. The monoisotopic (exact) mass is 413 g/mol. The number of rotatable bonds is 3. The van der Waals surface area contributed by atoms with Crippen molar-refractivity contribution >= 4 is 50.2 Å². The summed E-state index contributed by atoms with van der Waals surface area (Å²) >= 11 is 13.8. The first-order chi connectivity index (χ1) is 11.8. The standard InChI is InChI=1S/C16H13Cl2N3O2S2/c1-21-15(11-8-10(25(19,22)23)6-7-12(11)17)9-24-16(21)20-14-5-3-2-4-13(14)18/h2-9H,1H3,(H2,19,22,23). The number of hydrogen-bond donors (Lipinski definition) is 1. The van der Waals surface area contributed by atoms with Gasteiger partial charge in [-0.1, -0.05) is 35.3 Å². The van der Waals surface area contributed by atoms with Gasteiger partial charge in [0.15, 0.2) is 4.80 Å². The first-order valence-corrected chi connectivity index (χ1v) is 10.2. The number of benzene rings is 2. The number of primary sulfonamides is 1. The van der Waals surface area contributed by atoms with Crippen LogP contribution in [0.15, 0.2) is 57.7 Å². The molecule has 2 N–H and O–H groups in total. The smallest absolute Gasteiger partial charge is 0.238 e. The maximum Gasteiger partial charge on any atom is 0.238 e. The zero-order valence-electron chi connectivity index (χ0n) is 13.0. The van der Waals surface area contributed by atoms with Crippen molar-refractivity contribution in [1.82, 2.24) is 4.57 Å². The van der Waals surface area contributed by atoms with Gasteiger partial charge in [0, 0.05) is 23.0 Å². The molecule has 25 heavy (non-hydrogen) atoms. The highest BCUT2D eigenvalue weighted by molar-refractivity contribution is 7.89. The SMILES string of the molecule is Cn1c(-c2cc(S(N)(=O)=O)ccc2Cl)csc1=Nc1ccccc1Cl. The Kier molecular flexibility index (Phi) is 5.04. The number of nitrogens with two attached hydrogens (primary N) is 1. The van der Waals surface area contributed by atoms with Crippen LogP contribution in [0.3, 0.4) is 0 Å². The van der Waals surface area contributed by atoms with E-state index < -0.39 is 10.0 Å². The highest BCUT2D eigenvalue weighted by Crippen LogP contribution is 2.30. The summed E-state index contributed by atoms with van der Waals surface area (Å²) in [6.07, 6.45) is 0. The Morgan fingerprint density at radius 1 is 1.12 bits per heavy atom. The van der Waals surface area contributed by atoms with Crippen molar-refractivity contribution in [3.63, 3.8) is 0 Å². The lowest BCUT2D eigenvalue weighted by atomic mass is 10.2. The van der Waals surface area contributed by atoms with E-state index in [2.05, 4.69) is 4.99 Å². The van der Waals surface area contributed by atoms with Crippen molar-refractivity contribution in [2.75, 3.05) is 0 Å². The number of hydrogen-bond acceptors (Lipinski definition) is 4. The molecule has 0 spiro atoms. The van der Waals surface area contributed by atoms with Gasteiger partial charge in [0.05, 0.1) is 21.3 Å². The Hall–Kier alpha value is -1.64. The molecule has 0 atom stereocenters. The molecule has 0 saturated heterocycles. The molecule has 0 fully saturated rings. The topological polar surface area (TPSA) is 77.5 Å². The minimum Gasteiger partial charge on any atom is -0.319 e.